The number of anilines is 1. The zero-order chi connectivity index (χ0) is 27.4. The highest BCUT2D eigenvalue weighted by atomic mass is 35.5. The van der Waals surface area contributed by atoms with Gasteiger partial charge in [-0.1, -0.05) is 17.7 Å². The SMILES string of the molecule is COc1cccc(OC)c1-n1c(NS(=O)(=O)[C@@H](C)[C@@H](OC)c2ncc(Cl)cn2)nnc1-c1cncc(C)c1. The lowest BCUT2D eigenvalue weighted by molar-refractivity contribution is 0.0950. The van der Waals surface area contributed by atoms with Crippen LogP contribution in [0.3, 0.4) is 0 Å². The van der Waals surface area contributed by atoms with E-state index >= 15 is 0 Å². The van der Waals surface area contributed by atoms with E-state index in [-0.39, 0.29) is 11.8 Å². The zero-order valence-electron chi connectivity index (χ0n) is 21.3. The summed E-state index contributed by atoms with van der Waals surface area (Å²) in [6.07, 6.45) is 5.05. The Labute approximate surface area is 225 Å². The molecule has 38 heavy (non-hydrogen) atoms. The Bertz CT molecular complexity index is 1510. The van der Waals surface area contributed by atoms with Gasteiger partial charge in [-0.25, -0.2) is 18.4 Å². The number of aryl methyl sites for hydroxylation is 1. The molecule has 0 unspecified atom stereocenters. The summed E-state index contributed by atoms with van der Waals surface area (Å²) in [5.41, 5.74) is 1.88. The lowest BCUT2D eigenvalue weighted by atomic mass is 10.2. The van der Waals surface area contributed by atoms with E-state index in [0.29, 0.717) is 33.6 Å². The molecule has 4 aromatic rings. The van der Waals surface area contributed by atoms with Crippen LogP contribution in [0.5, 0.6) is 11.5 Å². The van der Waals surface area contributed by atoms with Crippen molar-refractivity contribution in [2.45, 2.75) is 25.2 Å². The van der Waals surface area contributed by atoms with Gasteiger partial charge in [-0.2, -0.15) is 0 Å². The number of pyridine rings is 1. The molecule has 0 saturated heterocycles. The van der Waals surface area contributed by atoms with Gasteiger partial charge in [0, 0.05) is 37.5 Å². The molecule has 12 nitrogen and oxygen atoms in total. The topological polar surface area (TPSA) is 143 Å². The third kappa shape index (κ3) is 5.39. The predicted octanol–water partition coefficient (Wildman–Crippen LogP) is 3.62. The van der Waals surface area contributed by atoms with Crippen molar-refractivity contribution >= 4 is 27.6 Å². The molecular formula is C24H26ClN7O5S. The fraction of sp³-hybridized carbons (Fsp3) is 0.292. The monoisotopic (exact) mass is 559 g/mol. The largest absolute Gasteiger partial charge is 0.494 e. The molecule has 0 spiro atoms. The highest BCUT2D eigenvalue weighted by Crippen LogP contribution is 2.38. The highest BCUT2D eigenvalue weighted by Gasteiger charge is 2.35. The molecule has 4 rings (SSSR count). The molecule has 200 valence electrons. The van der Waals surface area contributed by atoms with E-state index in [2.05, 4.69) is 29.9 Å². The van der Waals surface area contributed by atoms with Crippen LogP contribution in [0, 0.1) is 6.92 Å². The standard InChI is InChI=1S/C24H26ClN7O5S/c1-14-9-16(11-26-10-14)23-29-30-24(32(23)20-18(35-3)7-6-8-19(20)36-4)31-38(33,34)15(2)21(37-5)22-27-12-17(25)13-28-22/h6-13,15,21H,1-5H3,(H,30,31)/t15-,21+/m0/s1. The molecule has 0 aliphatic carbocycles. The number of nitrogens with one attached hydrogen (secondary N) is 1. The van der Waals surface area contributed by atoms with Gasteiger partial charge >= 0.3 is 0 Å². The molecule has 1 N–H and O–H groups in total. The highest BCUT2D eigenvalue weighted by molar-refractivity contribution is 7.93. The van der Waals surface area contributed by atoms with Crippen LogP contribution in [0.2, 0.25) is 5.02 Å². The number of nitrogens with zero attached hydrogens (tertiary/aromatic N) is 6. The van der Waals surface area contributed by atoms with Crippen molar-refractivity contribution in [1.82, 2.24) is 29.7 Å². The minimum absolute atomic E-state index is 0.0944. The van der Waals surface area contributed by atoms with Crippen LogP contribution >= 0.6 is 11.6 Å². The van der Waals surface area contributed by atoms with Gasteiger partial charge < -0.3 is 14.2 Å². The second-order valence-corrected chi connectivity index (χ2v) is 10.7. The second-order valence-electron chi connectivity index (χ2n) is 8.21. The van der Waals surface area contributed by atoms with Gasteiger partial charge in [0.15, 0.2) is 11.6 Å². The van der Waals surface area contributed by atoms with Gasteiger partial charge in [0.1, 0.15) is 28.5 Å². The summed E-state index contributed by atoms with van der Waals surface area (Å²) in [6.45, 7) is 3.36. The Morgan fingerprint density at radius 3 is 2.24 bits per heavy atom. The summed E-state index contributed by atoms with van der Waals surface area (Å²) >= 11 is 5.88. The number of rotatable bonds is 10. The summed E-state index contributed by atoms with van der Waals surface area (Å²) in [5, 5.41) is 7.65. The summed E-state index contributed by atoms with van der Waals surface area (Å²) in [4.78, 5) is 12.5. The average molecular weight is 560 g/mol. The summed E-state index contributed by atoms with van der Waals surface area (Å²) < 4.78 is 47.9. The maximum absolute atomic E-state index is 13.6. The average Bonchev–Trinajstić information content (AvgIpc) is 3.31. The van der Waals surface area contributed by atoms with Crippen LogP contribution < -0.4 is 14.2 Å². The zero-order valence-corrected chi connectivity index (χ0v) is 22.9. The first kappa shape index (κ1) is 27.2. The van der Waals surface area contributed by atoms with Crippen LogP contribution in [0.1, 0.15) is 24.4 Å². The molecule has 3 aromatic heterocycles. The molecule has 0 aliphatic heterocycles. The summed E-state index contributed by atoms with van der Waals surface area (Å²) in [5.74, 6) is 1.20. The Morgan fingerprint density at radius 2 is 1.66 bits per heavy atom. The van der Waals surface area contributed by atoms with Gasteiger partial charge in [0.2, 0.25) is 16.0 Å². The first-order chi connectivity index (χ1) is 18.2. The molecule has 0 aliphatic rings. The van der Waals surface area contributed by atoms with Gasteiger partial charge in [-0.3, -0.25) is 14.3 Å². The predicted molar refractivity (Wildman–Crippen MR) is 141 cm³/mol. The number of hydrogen-bond donors (Lipinski definition) is 1. The smallest absolute Gasteiger partial charge is 0.243 e. The van der Waals surface area contributed by atoms with Crippen LogP contribution in [-0.2, 0) is 14.8 Å². The number of aromatic nitrogens is 6. The fourth-order valence-corrected chi connectivity index (χ4v) is 5.07. The van der Waals surface area contributed by atoms with Crippen molar-refractivity contribution in [2.75, 3.05) is 26.1 Å². The Morgan fingerprint density at radius 1 is 1.00 bits per heavy atom. The number of benzene rings is 1. The van der Waals surface area contributed by atoms with Crippen molar-refractivity contribution < 1.29 is 22.6 Å². The van der Waals surface area contributed by atoms with E-state index in [1.807, 2.05) is 13.0 Å². The second kappa shape index (κ2) is 11.3. The molecular weight excluding hydrogens is 534 g/mol. The van der Waals surface area contributed by atoms with Crippen molar-refractivity contribution in [3.8, 4) is 28.6 Å². The van der Waals surface area contributed by atoms with E-state index < -0.39 is 21.4 Å². The lowest BCUT2D eigenvalue weighted by Gasteiger charge is -2.22. The third-order valence-corrected chi connectivity index (χ3v) is 7.61. The van der Waals surface area contributed by atoms with Crippen molar-refractivity contribution in [2.24, 2.45) is 0 Å². The molecule has 0 amide bonds. The van der Waals surface area contributed by atoms with E-state index in [1.54, 1.807) is 30.6 Å². The van der Waals surface area contributed by atoms with Gasteiger partial charge in [0.25, 0.3) is 0 Å². The van der Waals surface area contributed by atoms with Gasteiger partial charge in [-0.05, 0) is 37.6 Å². The third-order valence-electron chi connectivity index (χ3n) is 5.72. The maximum atomic E-state index is 13.6. The minimum atomic E-state index is -4.14. The maximum Gasteiger partial charge on any atom is 0.243 e. The number of hydrogen-bond acceptors (Lipinski definition) is 10. The summed E-state index contributed by atoms with van der Waals surface area (Å²) in [7, 11) is 0.232. The Hall–Kier alpha value is -3.81. The molecule has 1 aromatic carbocycles. The number of ether oxygens (including phenoxy) is 3. The van der Waals surface area contributed by atoms with E-state index in [1.165, 1.54) is 45.2 Å². The van der Waals surface area contributed by atoms with Crippen molar-refractivity contribution in [3.63, 3.8) is 0 Å². The number of sulfonamides is 1. The molecule has 14 heteroatoms. The van der Waals surface area contributed by atoms with Crippen molar-refractivity contribution in [1.29, 1.82) is 0 Å². The Balaban J connectivity index is 1.84. The number of methoxy groups -OCH3 is 3. The molecule has 3 heterocycles. The molecule has 0 saturated carbocycles. The minimum Gasteiger partial charge on any atom is -0.494 e. The normalized spacial score (nSPS) is 13.1. The summed E-state index contributed by atoms with van der Waals surface area (Å²) in [6, 6.07) is 7.04. The molecule has 0 fully saturated rings. The molecule has 2 atom stereocenters. The molecule has 0 radical (unpaired) electrons. The number of para-hydroxylation sites is 1. The van der Waals surface area contributed by atoms with Crippen molar-refractivity contribution in [3.05, 3.63) is 65.5 Å². The van der Waals surface area contributed by atoms with E-state index in [9.17, 15) is 8.42 Å². The van der Waals surface area contributed by atoms with Gasteiger partial charge in [-0.15, -0.1) is 10.2 Å². The first-order valence-corrected chi connectivity index (χ1v) is 13.2. The van der Waals surface area contributed by atoms with Crippen LogP contribution in [0.15, 0.2) is 49.1 Å². The van der Waals surface area contributed by atoms with E-state index in [4.69, 9.17) is 25.8 Å². The fourth-order valence-electron chi connectivity index (χ4n) is 3.84. The molecule has 0 bridgehead atoms. The van der Waals surface area contributed by atoms with Crippen LogP contribution in [-0.4, -0.2) is 64.7 Å². The number of halogens is 1. The van der Waals surface area contributed by atoms with Crippen LogP contribution in [0.25, 0.3) is 17.1 Å². The van der Waals surface area contributed by atoms with Gasteiger partial charge in [0.05, 0.1) is 19.2 Å². The Kier molecular flexibility index (Phi) is 8.09. The quantitative estimate of drug-likeness (QED) is 0.306. The van der Waals surface area contributed by atoms with E-state index in [0.717, 1.165) is 5.56 Å². The lowest BCUT2D eigenvalue weighted by Crippen LogP contribution is -2.33. The van der Waals surface area contributed by atoms with Crippen LogP contribution in [0.4, 0.5) is 5.95 Å². The first-order valence-electron chi connectivity index (χ1n) is 11.3.